The summed E-state index contributed by atoms with van der Waals surface area (Å²) in [7, 11) is -4.04. The van der Waals surface area contributed by atoms with Gasteiger partial charge in [-0.1, -0.05) is 18.0 Å². The molecule has 0 spiro atoms. The van der Waals surface area contributed by atoms with Gasteiger partial charge in [0.25, 0.3) is 15.9 Å². The number of benzene rings is 1. The predicted octanol–water partition coefficient (Wildman–Crippen LogP) is 3.43. The quantitative estimate of drug-likeness (QED) is 0.607. The summed E-state index contributed by atoms with van der Waals surface area (Å²) < 4.78 is 37.5. The Labute approximate surface area is 154 Å². The molecule has 0 radical (unpaired) electrons. The van der Waals surface area contributed by atoms with Crippen molar-refractivity contribution in [2.24, 2.45) is 0 Å². The van der Waals surface area contributed by atoms with E-state index in [1.54, 1.807) is 0 Å². The van der Waals surface area contributed by atoms with Crippen molar-refractivity contribution in [2.45, 2.75) is 37.0 Å². The first-order valence-electron chi connectivity index (χ1n) is 7.75. The topological polar surface area (TPSA) is 75.3 Å². The molecule has 134 valence electrons. The van der Waals surface area contributed by atoms with Gasteiger partial charge in [-0.15, -0.1) is 16.2 Å². The van der Waals surface area contributed by atoms with Gasteiger partial charge in [-0.25, -0.2) is 12.8 Å². The second-order valence-corrected chi connectivity index (χ2v) is 8.98. The van der Waals surface area contributed by atoms with Crippen LogP contribution in [-0.2, 0) is 22.9 Å². The van der Waals surface area contributed by atoms with Crippen LogP contribution in [0.4, 0.5) is 4.39 Å². The number of rotatable bonds is 4. The van der Waals surface area contributed by atoms with Crippen LogP contribution >= 0.6 is 22.9 Å². The first kappa shape index (κ1) is 18.3. The molecule has 1 aromatic carbocycles. The summed E-state index contributed by atoms with van der Waals surface area (Å²) in [5.41, 5.74) is 3.36. The zero-order valence-corrected chi connectivity index (χ0v) is 15.5. The van der Waals surface area contributed by atoms with Gasteiger partial charge in [0.2, 0.25) is 0 Å². The van der Waals surface area contributed by atoms with E-state index < -0.39 is 21.7 Å². The molecule has 0 unspecified atom stereocenters. The van der Waals surface area contributed by atoms with Crippen molar-refractivity contribution >= 4 is 38.9 Å². The van der Waals surface area contributed by atoms with Gasteiger partial charge in [0.1, 0.15) is 5.82 Å². The minimum Gasteiger partial charge on any atom is -0.273 e. The normalized spacial score (nSPS) is 14.6. The summed E-state index contributed by atoms with van der Waals surface area (Å²) in [6.07, 6.45) is 5.28. The molecule has 2 aromatic rings. The van der Waals surface area contributed by atoms with E-state index in [0.29, 0.717) is 4.88 Å². The average molecular weight is 403 g/mol. The summed E-state index contributed by atoms with van der Waals surface area (Å²) in [6.45, 7) is 0. The molecule has 5 nitrogen and oxygen atoms in total. The van der Waals surface area contributed by atoms with Crippen molar-refractivity contribution in [3.63, 3.8) is 0 Å². The number of hydrazine groups is 1. The van der Waals surface area contributed by atoms with Gasteiger partial charge in [-0.2, -0.15) is 0 Å². The Balaban J connectivity index is 1.70. The number of aryl methyl sites for hydroxylation is 2. The van der Waals surface area contributed by atoms with Crippen LogP contribution in [0.5, 0.6) is 0 Å². The Morgan fingerprint density at radius 1 is 1.16 bits per heavy atom. The molecule has 0 aliphatic heterocycles. The molecule has 1 aliphatic rings. The van der Waals surface area contributed by atoms with Crippen LogP contribution in [-0.4, -0.2) is 14.3 Å². The van der Waals surface area contributed by atoms with Gasteiger partial charge >= 0.3 is 0 Å². The maximum atomic E-state index is 13.1. The molecular weight excluding hydrogens is 387 g/mol. The van der Waals surface area contributed by atoms with Gasteiger partial charge in [0.15, 0.2) is 0 Å². The summed E-state index contributed by atoms with van der Waals surface area (Å²) in [5, 5.41) is -0.309. The highest BCUT2D eigenvalue weighted by atomic mass is 35.5. The fourth-order valence-corrected chi connectivity index (χ4v) is 4.92. The van der Waals surface area contributed by atoms with E-state index >= 15 is 0 Å². The number of halogens is 2. The smallest absolute Gasteiger partial charge is 0.273 e. The first-order chi connectivity index (χ1) is 11.9. The summed E-state index contributed by atoms with van der Waals surface area (Å²) in [5.74, 6) is -1.24. The fraction of sp³-hybridized carbons (Fsp3) is 0.312. The Morgan fingerprint density at radius 2 is 1.92 bits per heavy atom. The molecule has 1 aliphatic carbocycles. The summed E-state index contributed by atoms with van der Waals surface area (Å²) >= 11 is 6.99. The third-order valence-corrected chi connectivity index (χ3v) is 6.74. The zero-order valence-electron chi connectivity index (χ0n) is 13.1. The molecule has 2 N–H and O–H groups in total. The standard InChI is InChI=1S/C16H16ClFN2O3S2/c17-12-9-11(6-7-13(12)18)25(22,23)20-19-16(21)15-8-10-4-2-1-3-5-14(10)24-15/h6-9,20H,1-5H2,(H,19,21). The molecule has 0 bridgehead atoms. The molecule has 1 heterocycles. The number of thiophene rings is 1. The van der Waals surface area contributed by atoms with E-state index in [4.69, 9.17) is 11.6 Å². The molecule has 0 fully saturated rings. The van der Waals surface area contributed by atoms with Crippen molar-refractivity contribution in [1.29, 1.82) is 0 Å². The number of hydrogen-bond acceptors (Lipinski definition) is 4. The molecule has 1 amide bonds. The molecule has 25 heavy (non-hydrogen) atoms. The predicted molar refractivity (Wildman–Crippen MR) is 94.8 cm³/mol. The molecule has 3 rings (SSSR count). The van der Waals surface area contributed by atoms with Gasteiger partial charge in [0, 0.05) is 4.88 Å². The number of sulfonamides is 1. The van der Waals surface area contributed by atoms with Crippen molar-refractivity contribution in [1.82, 2.24) is 10.3 Å². The van der Waals surface area contributed by atoms with E-state index in [0.717, 1.165) is 43.9 Å². The Morgan fingerprint density at radius 3 is 2.68 bits per heavy atom. The molecule has 0 saturated heterocycles. The van der Waals surface area contributed by atoms with Crippen LogP contribution < -0.4 is 10.3 Å². The molecule has 1 aromatic heterocycles. The lowest BCUT2D eigenvalue weighted by molar-refractivity contribution is 0.0949. The third kappa shape index (κ3) is 4.20. The first-order valence-corrected chi connectivity index (χ1v) is 10.4. The highest BCUT2D eigenvalue weighted by molar-refractivity contribution is 7.89. The molecule has 0 saturated carbocycles. The van der Waals surface area contributed by atoms with E-state index in [9.17, 15) is 17.6 Å². The maximum absolute atomic E-state index is 13.1. The molecule has 0 atom stereocenters. The lowest BCUT2D eigenvalue weighted by atomic mass is 10.1. The van der Waals surface area contributed by atoms with Gasteiger partial charge in [-0.3, -0.25) is 10.2 Å². The number of amides is 1. The van der Waals surface area contributed by atoms with Crippen molar-refractivity contribution in [3.8, 4) is 0 Å². The Bertz CT molecular complexity index is 889. The van der Waals surface area contributed by atoms with E-state index in [1.165, 1.54) is 28.2 Å². The Hall–Kier alpha value is -1.48. The van der Waals surface area contributed by atoms with E-state index in [-0.39, 0.29) is 9.92 Å². The van der Waals surface area contributed by atoms with Gasteiger partial charge < -0.3 is 0 Å². The number of hydrogen-bond donors (Lipinski definition) is 2. The second kappa shape index (κ2) is 7.41. The number of fused-ring (bicyclic) bond motifs is 1. The van der Waals surface area contributed by atoms with Crippen molar-refractivity contribution in [3.05, 3.63) is 50.4 Å². The van der Waals surface area contributed by atoms with Crippen molar-refractivity contribution < 1.29 is 17.6 Å². The second-order valence-electron chi connectivity index (χ2n) is 5.76. The molecule has 9 heteroatoms. The third-order valence-electron chi connectivity index (χ3n) is 3.97. The molecular formula is C16H16ClFN2O3S2. The SMILES string of the molecule is O=C(NNS(=O)(=O)c1ccc(F)c(Cl)c1)c1cc2c(s1)CCCCC2. The number of nitrogens with one attached hydrogen (secondary N) is 2. The van der Waals surface area contributed by atoms with Crippen LogP contribution in [0.3, 0.4) is 0 Å². The van der Waals surface area contributed by atoms with Gasteiger partial charge in [0.05, 0.1) is 14.8 Å². The largest absolute Gasteiger partial charge is 0.276 e. The maximum Gasteiger partial charge on any atom is 0.276 e. The van der Waals surface area contributed by atoms with Crippen LogP contribution in [0.2, 0.25) is 5.02 Å². The monoisotopic (exact) mass is 402 g/mol. The lowest BCUT2D eigenvalue weighted by Crippen LogP contribution is -2.41. The Kier molecular flexibility index (Phi) is 5.43. The summed E-state index contributed by atoms with van der Waals surface area (Å²) in [4.78, 5) is 15.7. The minimum atomic E-state index is -4.04. The fourth-order valence-electron chi connectivity index (χ4n) is 2.66. The van der Waals surface area contributed by atoms with Crippen LogP contribution in [0.25, 0.3) is 0 Å². The van der Waals surface area contributed by atoms with Gasteiger partial charge in [-0.05, 0) is 55.5 Å². The van der Waals surface area contributed by atoms with Crippen molar-refractivity contribution in [2.75, 3.05) is 0 Å². The van der Waals surface area contributed by atoms with Crippen LogP contribution in [0, 0.1) is 5.82 Å². The number of carbonyl (C=O) groups excluding carboxylic acids is 1. The van der Waals surface area contributed by atoms with Crippen LogP contribution in [0.15, 0.2) is 29.2 Å². The highest BCUT2D eigenvalue weighted by Crippen LogP contribution is 2.29. The van der Waals surface area contributed by atoms with E-state index in [2.05, 4.69) is 5.43 Å². The van der Waals surface area contributed by atoms with E-state index in [1.807, 2.05) is 10.9 Å². The zero-order chi connectivity index (χ0) is 18.0. The lowest BCUT2D eigenvalue weighted by Gasteiger charge is -2.08. The summed E-state index contributed by atoms with van der Waals surface area (Å²) in [6, 6.07) is 4.83. The number of carbonyl (C=O) groups is 1. The highest BCUT2D eigenvalue weighted by Gasteiger charge is 2.20. The van der Waals surface area contributed by atoms with Crippen LogP contribution in [0.1, 0.15) is 39.4 Å². The minimum absolute atomic E-state index is 0.235. The average Bonchev–Trinajstić information content (AvgIpc) is 2.86.